The van der Waals surface area contributed by atoms with E-state index < -0.39 is 18.0 Å². The van der Waals surface area contributed by atoms with Crippen LogP contribution < -0.4 is 5.32 Å². The van der Waals surface area contributed by atoms with E-state index in [0.29, 0.717) is 16.8 Å². The average molecular weight is 368 g/mol. The fourth-order valence-electron chi connectivity index (χ4n) is 2.32. The van der Waals surface area contributed by atoms with Gasteiger partial charge in [-0.3, -0.25) is 9.59 Å². The molecule has 1 heterocycles. The lowest BCUT2D eigenvalue weighted by atomic mass is 10.1. The highest BCUT2D eigenvalue weighted by Gasteiger charge is 2.19. The quantitative estimate of drug-likeness (QED) is 0.548. The third-order valence-electron chi connectivity index (χ3n) is 3.76. The topological polar surface area (TPSA) is 85.4 Å². The van der Waals surface area contributed by atoms with E-state index in [9.17, 15) is 14.4 Å². The number of amides is 1. The second kappa shape index (κ2) is 7.45. The van der Waals surface area contributed by atoms with Crippen molar-refractivity contribution in [1.82, 2.24) is 4.98 Å². The summed E-state index contributed by atoms with van der Waals surface area (Å²) in [7, 11) is 0. The normalized spacial score (nSPS) is 11.8. The molecule has 0 aliphatic heterocycles. The Morgan fingerprint density at radius 2 is 1.92 bits per heavy atom. The molecule has 0 radical (unpaired) electrons. The molecular formula is C19H16N2O4S. The van der Waals surface area contributed by atoms with Crippen LogP contribution in [0.3, 0.4) is 0 Å². The third kappa shape index (κ3) is 3.94. The monoisotopic (exact) mass is 368 g/mol. The van der Waals surface area contributed by atoms with Crippen LogP contribution in [-0.4, -0.2) is 28.7 Å². The molecule has 0 fully saturated rings. The summed E-state index contributed by atoms with van der Waals surface area (Å²) in [5.74, 6) is -1.16. The van der Waals surface area contributed by atoms with Crippen LogP contribution in [-0.2, 0) is 9.53 Å². The zero-order valence-corrected chi connectivity index (χ0v) is 15.0. The lowest BCUT2D eigenvalue weighted by Crippen LogP contribution is -2.30. The summed E-state index contributed by atoms with van der Waals surface area (Å²) < 4.78 is 6.11. The number of hydrogen-bond acceptors (Lipinski definition) is 6. The van der Waals surface area contributed by atoms with Crippen molar-refractivity contribution in [2.24, 2.45) is 0 Å². The van der Waals surface area contributed by atoms with Crippen LogP contribution in [0.2, 0.25) is 0 Å². The maximum atomic E-state index is 12.3. The molecule has 1 N–H and O–H groups in total. The molecule has 0 saturated heterocycles. The number of thiazole rings is 1. The second-order valence-electron chi connectivity index (χ2n) is 5.71. The summed E-state index contributed by atoms with van der Waals surface area (Å²) >= 11 is 1.42. The number of anilines is 1. The number of rotatable bonds is 5. The van der Waals surface area contributed by atoms with E-state index in [4.69, 9.17) is 4.74 Å². The third-order valence-corrected chi connectivity index (χ3v) is 4.55. The van der Waals surface area contributed by atoms with E-state index in [2.05, 4.69) is 10.3 Å². The number of carbonyl (C=O) groups excluding carboxylic acids is 3. The van der Waals surface area contributed by atoms with Crippen molar-refractivity contribution in [2.75, 3.05) is 5.32 Å². The first kappa shape index (κ1) is 17.8. The molecule has 0 aliphatic carbocycles. The average Bonchev–Trinajstić information content (AvgIpc) is 3.09. The van der Waals surface area contributed by atoms with E-state index >= 15 is 0 Å². The van der Waals surface area contributed by atoms with Crippen molar-refractivity contribution in [1.29, 1.82) is 0 Å². The predicted molar refractivity (Wildman–Crippen MR) is 99.6 cm³/mol. The van der Waals surface area contributed by atoms with Gasteiger partial charge in [-0.15, -0.1) is 11.3 Å². The molecule has 1 aromatic heterocycles. The van der Waals surface area contributed by atoms with Crippen LogP contribution in [0.4, 0.5) is 5.69 Å². The minimum atomic E-state index is -0.986. The van der Waals surface area contributed by atoms with Gasteiger partial charge in [0.15, 0.2) is 11.9 Å². The number of nitrogens with one attached hydrogen (secondary N) is 1. The number of nitrogens with zero attached hydrogens (tertiary/aromatic N) is 1. The van der Waals surface area contributed by atoms with E-state index in [0.717, 1.165) is 10.2 Å². The summed E-state index contributed by atoms with van der Waals surface area (Å²) in [5, 5.41) is 2.64. The molecule has 1 amide bonds. The lowest BCUT2D eigenvalue weighted by molar-refractivity contribution is -0.123. The highest BCUT2D eigenvalue weighted by Crippen LogP contribution is 2.20. The molecule has 132 valence electrons. The van der Waals surface area contributed by atoms with Crippen LogP contribution in [0.25, 0.3) is 10.2 Å². The van der Waals surface area contributed by atoms with Gasteiger partial charge in [0.1, 0.15) is 0 Å². The number of benzene rings is 2. The van der Waals surface area contributed by atoms with Crippen LogP contribution in [0.5, 0.6) is 0 Å². The molecule has 0 bridgehead atoms. The van der Waals surface area contributed by atoms with E-state index in [-0.39, 0.29) is 5.78 Å². The number of carbonyl (C=O) groups is 3. The smallest absolute Gasteiger partial charge is 0.338 e. The molecule has 26 heavy (non-hydrogen) atoms. The van der Waals surface area contributed by atoms with Crippen molar-refractivity contribution in [3.8, 4) is 0 Å². The molecular weight excluding hydrogens is 352 g/mol. The number of Topliss-reactive ketones (excluding diaryl/α,β-unsaturated/α-hetero) is 1. The highest BCUT2D eigenvalue weighted by atomic mass is 32.1. The Labute approximate surface area is 153 Å². The van der Waals surface area contributed by atoms with Crippen molar-refractivity contribution < 1.29 is 19.1 Å². The number of ether oxygens (including phenoxy) is 1. The maximum Gasteiger partial charge on any atom is 0.338 e. The second-order valence-corrected chi connectivity index (χ2v) is 6.59. The number of esters is 1. The predicted octanol–water partition coefficient (Wildman–Crippen LogP) is 3.68. The Balaban J connectivity index is 1.65. The van der Waals surface area contributed by atoms with Gasteiger partial charge in [0.25, 0.3) is 5.91 Å². The molecule has 6 nitrogen and oxygen atoms in total. The Morgan fingerprint density at radius 1 is 1.12 bits per heavy atom. The Morgan fingerprint density at radius 3 is 2.69 bits per heavy atom. The maximum absolute atomic E-state index is 12.3. The molecule has 2 aromatic carbocycles. The standard InChI is InChI=1S/C19H16N2O4S/c1-11(22)13-4-3-5-15(8-13)21-18(23)12(2)25-19(24)14-6-7-16-17(9-14)26-10-20-16/h3-10,12H,1-2H3,(H,21,23)/t12-/m1/s1. The minimum Gasteiger partial charge on any atom is -0.449 e. The van der Waals surface area contributed by atoms with Gasteiger partial charge in [-0.05, 0) is 44.2 Å². The molecule has 0 unspecified atom stereocenters. The van der Waals surface area contributed by atoms with E-state index in [1.807, 2.05) is 0 Å². The highest BCUT2D eigenvalue weighted by molar-refractivity contribution is 7.16. The number of aromatic nitrogens is 1. The van der Waals surface area contributed by atoms with Gasteiger partial charge in [0.05, 0.1) is 21.3 Å². The first-order valence-electron chi connectivity index (χ1n) is 7.90. The Hall–Kier alpha value is -3.06. The first-order valence-corrected chi connectivity index (χ1v) is 8.78. The summed E-state index contributed by atoms with van der Waals surface area (Å²) in [4.78, 5) is 40.1. The zero-order valence-electron chi connectivity index (χ0n) is 14.2. The number of fused-ring (bicyclic) bond motifs is 1. The van der Waals surface area contributed by atoms with Crippen LogP contribution in [0.15, 0.2) is 48.0 Å². The zero-order chi connectivity index (χ0) is 18.7. The first-order chi connectivity index (χ1) is 12.4. The van der Waals surface area contributed by atoms with Gasteiger partial charge in [-0.25, -0.2) is 9.78 Å². The van der Waals surface area contributed by atoms with Crippen molar-refractivity contribution in [3.63, 3.8) is 0 Å². The fourth-order valence-corrected chi connectivity index (χ4v) is 3.04. The molecule has 1 atom stereocenters. The summed E-state index contributed by atoms with van der Waals surface area (Å²) in [6, 6.07) is 11.6. The van der Waals surface area contributed by atoms with Gasteiger partial charge in [0.2, 0.25) is 0 Å². The van der Waals surface area contributed by atoms with Gasteiger partial charge < -0.3 is 10.1 Å². The Kier molecular flexibility index (Phi) is 5.09. The Bertz CT molecular complexity index is 996. The van der Waals surface area contributed by atoms with E-state index in [1.165, 1.54) is 25.2 Å². The molecule has 0 saturated carbocycles. The molecule has 3 aromatic rings. The van der Waals surface area contributed by atoms with E-state index in [1.54, 1.807) is 48.0 Å². The van der Waals surface area contributed by atoms with Crippen LogP contribution in [0, 0.1) is 0 Å². The minimum absolute atomic E-state index is 0.0981. The van der Waals surface area contributed by atoms with Gasteiger partial charge in [0, 0.05) is 11.3 Å². The molecule has 7 heteroatoms. The van der Waals surface area contributed by atoms with Crippen molar-refractivity contribution in [2.45, 2.75) is 20.0 Å². The number of ketones is 1. The molecule has 3 rings (SSSR count). The largest absolute Gasteiger partial charge is 0.449 e. The summed E-state index contributed by atoms with van der Waals surface area (Å²) in [5.41, 5.74) is 3.83. The van der Waals surface area contributed by atoms with Crippen LogP contribution >= 0.6 is 11.3 Å². The molecule has 0 spiro atoms. The van der Waals surface area contributed by atoms with Gasteiger partial charge >= 0.3 is 5.97 Å². The molecule has 0 aliphatic rings. The van der Waals surface area contributed by atoms with Crippen molar-refractivity contribution >= 4 is 44.9 Å². The number of hydrogen-bond donors (Lipinski definition) is 1. The van der Waals surface area contributed by atoms with Crippen LogP contribution in [0.1, 0.15) is 34.6 Å². The summed E-state index contributed by atoms with van der Waals surface area (Å²) in [6.07, 6.45) is -0.986. The fraction of sp³-hybridized carbons (Fsp3) is 0.158. The SMILES string of the molecule is CC(=O)c1cccc(NC(=O)[C@@H](C)OC(=O)c2ccc3ncsc3c2)c1. The summed E-state index contributed by atoms with van der Waals surface area (Å²) in [6.45, 7) is 2.94. The van der Waals surface area contributed by atoms with Crippen molar-refractivity contribution in [3.05, 3.63) is 59.1 Å². The van der Waals surface area contributed by atoms with Gasteiger partial charge in [-0.2, -0.15) is 0 Å². The lowest BCUT2D eigenvalue weighted by Gasteiger charge is -2.14. The van der Waals surface area contributed by atoms with Gasteiger partial charge in [-0.1, -0.05) is 12.1 Å².